The largest absolute Gasteiger partial charge is 0.396 e. The van der Waals surface area contributed by atoms with E-state index in [1.54, 1.807) is 12.4 Å². The maximum absolute atomic E-state index is 12.9. The second-order valence-electron chi connectivity index (χ2n) is 6.48. The molecule has 0 unspecified atom stereocenters. The van der Waals surface area contributed by atoms with Gasteiger partial charge in [0.1, 0.15) is 0 Å². The molecule has 5 heteroatoms. The molecule has 1 aromatic carbocycles. The molecule has 0 spiro atoms. The summed E-state index contributed by atoms with van der Waals surface area (Å²) < 4.78 is 0. The van der Waals surface area contributed by atoms with Crippen LogP contribution in [0.2, 0.25) is 0 Å². The Morgan fingerprint density at radius 3 is 2.96 bits per heavy atom. The van der Waals surface area contributed by atoms with E-state index in [2.05, 4.69) is 22.4 Å². The van der Waals surface area contributed by atoms with Gasteiger partial charge in [-0.1, -0.05) is 30.3 Å². The van der Waals surface area contributed by atoms with Crippen molar-refractivity contribution >= 4 is 6.03 Å². The van der Waals surface area contributed by atoms with Crippen LogP contribution in [0.25, 0.3) is 0 Å². The Labute approximate surface area is 148 Å². The van der Waals surface area contributed by atoms with Crippen LogP contribution in [0.1, 0.15) is 48.5 Å². The fourth-order valence-electron chi connectivity index (χ4n) is 3.48. The summed E-state index contributed by atoms with van der Waals surface area (Å²) in [7, 11) is 0. The van der Waals surface area contributed by atoms with Gasteiger partial charge in [-0.05, 0) is 48.9 Å². The van der Waals surface area contributed by atoms with Crippen molar-refractivity contribution in [1.82, 2.24) is 15.2 Å². The van der Waals surface area contributed by atoms with Crippen LogP contribution in [0.15, 0.2) is 48.8 Å². The Balaban J connectivity index is 1.75. The Kier molecular flexibility index (Phi) is 5.66. The van der Waals surface area contributed by atoms with Gasteiger partial charge < -0.3 is 15.3 Å². The first-order valence-electron chi connectivity index (χ1n) is 8.86. The van der Waals surface area contributed by atoms with Crippen LogP contribution < -0.4 is 5.32 Å². The highest BCUT2D eigenvalue weighted by Crippen LogP contribution is 2.35. The molecule has 3 rings (SSSR count). The fourth-order valence-corrected chi connectivity index (χ4v) is 3.48. The monoisotopic (exact) mass is 339 g/mol. The summed E-state index contributed by atoms with van der Waals surface area (Å²) in [6, 6.07) is 12.0. The standard InChI is InChI=1S/C20H25N3O2/c1-15(17-7-4-11-21-14-17)22-20(25)23(12-5-13-24)19-10-9-16-6-2-3-8-18(16)19/h2-4,6-8,11,14-15,19,24H,5,9-10,12-13H2,1H3,(H,22,25)/t15-,19-/m0/s1. The molecule has 1 heterocycles. The second-order valence-corrected chi connectivity index (χ2v) is 6.48. The van der Waals surface area contributed by atoms with Crippen molar-refractivity contribution in [2.75, 3.05) is 13.2 Å². The molecular formula is C20H25N3O2. The molecule has 2 atom stereocenters. The number of aliphatic hydroxyl groups is 1. The number of pyridine rings is 1. The third-order valence-corrected chi connectivity index (χ3v) is 4.82. The van der Waals surface area contributed by atoms with Crippen molar-refractivity contribution in [1.29, 1.82) is 0 Å². The fraction of sp³-hybridized carbons (Fsp3) is 0.400. The third kappa shape index (κ3) is 3.99. The van der Waals surface area contributed by atoms with Crippen molar-refractivity contribution in [2.45, 2.75) is 38.3 Å². The number of hydrogen-bond donors (Lipinski definition) is 2. The first-order chi connectivity index (χ1) is 12.2. The number of nitrogens with zero attached hydrogens (tertiary/aromatic N) is 2. The zero-order valence-corrected chi connectivity index (χ0v) is 14.6. The minimum atomic E-state index is -0.116. The smallest absolute Gasteiger partial charge is 0.318 e. The lowest BCUT2D eigenvalue weighted by Crippen LogP contribution is -2.43. The second kappa shape index (κ2) is 8.12. The maximum atomic E-state index is 12.9. The predicted molar refractivity (Wildman–Crippen MR) is 97.1 cm³/mol. The molecule has 1 aliphatic rings. The molecule has 2 N–H and O–H groups in total. The number of fused-ring (bicyclic) bond motifs is 1. The van der Waals surface area contributed by atoms with Crippen molar-refractivity contribution in [3.8, 4) is 0 Å². The van der Waals surface area contributed by atoms with Crippen LogP contribution in [0, 0.1) is 0 Å². The summed E-state index contributed by atoms with van der Waals surface area (Å²) in [6.07, 6.45) is 5.99. The summed E-state index contributed by atoms with van der Waals surface area (Å²) in [5.41, 5.74) is 3.52. The summed E-state index contributed by atoms with van der Waals surface area (Å²) in [5, 5.41) is 12.3. The van der Waals surface area contributed by atoms with Crippen molar-refractivity contribution in [3.05, 3.63) is 65.5 Å². The van der Waals surface area contributed by atoms with Gasteiger partial charge in [0, 0.05) is 25.5 Å². The van der Waals surface area contributed by atoms with Crippen LogP contribution in [0.5, 0.6) is 0 Å². The zero-order chi connectivity index (χ0) is 17.6. The number of aliphatic hydroxyl groups excluding tert-OH is 1. The van der Waals surface area contributed by atoms with Gasteiger partial charge >= 0.3 is 6.03 Å². The summed E-state index contributed by atoms with van der Waals surface area (Å²) in [6.45, 7) is 2.58. The van der Waals surface area contributed by atoms with E-state index in [4.69, 9.17) is 0 Å². The van der Waals surface area contributed by atoms with E-state index >= 15 is 0 Å². The van der Waals surface area contributed by atoms with Crippen LogP contribution in [-0.2, 0) is 6.42 Å². The molecule has 0 fully saturated rings. The number of aryl methyl sites for hydroxylation is 1. The van der Waals surface area contributed by atoms with Crippen molar-refractivity contribution in [3.63, 3.8) is 0 Å². The first-order valence-corrected chi connectivity index (χ1v) is 8.86. The van der Waals surface area contributed by atoms with Gasteiger partial charge in [0.05, 0.1) is 12.1 Å². The summed E-state index contributed by atoms with van der Waals surface area (Å²) >= 11 is 0. The maximum Gasteiger partial charge on any atom is 0.318 e. The molecule has 5 nitrogen and oxygen atoms in total. The van der Waals surface area contributed by atoms with Gasteiger partial charge in [0.25, 0.3) is 0 Å². The highest BCUT2D eigenvalue weighted by Gasteiger charge is 2.31. The molecule has 0 radical (unpaired) electrons. The van der Waals surface area contributed by atoms with Gasteiger partial charge in [-0.2, -0.15) is 0 Å². The van der Waals surface area contributed by atoms with Gasteiger partial charge in [-0.15, -0.1) is 0 Å². The highest BCUT2D eigenvalue weighted by atomic mass is 16.3. The van der Waals surface area contributed by atoms with Crippen molar-refractivity contribution in [2.24, 2.45) is 0 Å². The molecule has 1 aliphatic carbocycles. The van der Waals surface area contributed by atoms with E-state index < -0.39 is 0 Å². The van der Waals surface area contributed by atoms with Crippen LogP contribution >= 0.6 is 0 Å². The van der Waals surface area contributed by atoms with E-state index in [0.29, 0.717) is 13.0 Å². The van der Waals surface area contributed by atoms with E-state index in [1.807, 2.05) is 36.1 Å². The van der Waals surface area contributed by atoms with E-state index in [9.17, 15) is 9.90 Å². The van der Waals surface area contributed by atoms with E-state index in [0.717, 1.165) is 18.4 Å². The number of amides is 2. The molecule has 1 aromatic heterocycles. The SMILES string of the molecule is C[C@H](NC(=O)N(CCCO)[C@H]1CCc2ccccc21)c1cccnc1. The number of rotatable bonds is 6. The van der Waals surface area contributed by atoms with E-state index in [1.165, 1.54) is 11.1 Å². The average molecular weight is 339 g/mol. The number of benzene rings is 1. The number of nitrogens with one attached hydrogen (secondary N) is 1. The molecule has 132 valence electrons. The number of carbonyl (C=O) groups is 1. The molecule has 2 aromatic rings. The zero-order valence-electron chi connectivity index (χ0n) is 14.6. The normalized spacial score (nSPS) is 17.0. The number of carbonyl (C=O) groups excluding carboxylic acids is 1. The molecule has 0 saturated carbocycles. The highest BCUT2D eigenvalue weighted by molar-refractivity contribution is 5.75. The third-order valence-electron chi connectivity index (χ3n) is 4.82. The Bertz CT molecular complexity index is 705. The Morgan fingerprint density at radius 2 is 2.20 bits per heavy atom. The number of urea groups is 1. The Hall–Kier alpha value is -2.40. The van der Waals surface area contributed by atoms with Crippen LogP contribution in [-0.4, -0.2) is 34.2 Å². The summed E-state index contributed by atoms with van der Waals surface area (Å²) in [4.78, 5) is 18.9. The topological polar surface area (TPSA) is 65.5 Å². The van der Waals surface area contributed by atoms with Crippen molar-refractivity contribution < 1.29 is 9.90 Å². The molecule has 2 amide bonds. The number of aromatic nitrogens is 1. The molecule has 25 heavy (non-hydrogen) atoms. The molecule has 0 aliphatic heterocycles. The summed E-state index contributed by atoms with van der Waals surface area (Å²) in [5.74, 6) is 0. The lowest BCUT2D eigenvalue weighted by Gasteiger charge is -2.31. The molecule has 0 saturated heterocycles. The average Bonchev–Trinajstić information content (AvgIpc) is 3.07. The van der Waals surface area contributed by atoms with E-state index in [-0.39, 0.29) is 24.7 Å². The minimum absolute atomic E-state index is 0.0730. The van der Waals surface area contributed by atoms with Gasteiger partial charge in [0.15, 0.2) is 0 Å². The van der Waals surface area contributed by atoms with Gasteiger partial charge in [0.2, 0.25) is 0 Å². The van der Waals surface area contributed by atoms with Crippen LogP contribution in [0.3, 0.4) is 0 Å². The lowest BCUT2D eigenvalue weighted by atomic mass is 10.1. The van der Waals surface area contributed by atoms with Gasteiger partial charge in [-0.25, -0.2) is 4.79 Å². The molecular weight excluding hydrogens is 314 g/mol. The number of hydrogen-bond acceptors (Lipinski definition) is 3. The van der Waals surface area contributed by atoms with Crippen LogP contribution in [0.4, 0.5) is 4.79 Å². The quantitative estimate of drug-likeness (QED) is 0.849. The predicted octanol–water partition coefficient (Wildman–Crippen LogP) is 3.22. The first kappa shape index (κ1) is 17.4. The van der Waals surface area contributed by atoms with Gasteiger partial charge in [-0.3, -0.25) is 4.98 Å². The Morgan fingerprint density at radius 1 is 1.36 bits per heavy atom. The minimum Gasteiger partial charge on any atom is -0.396 e. The molecule has 0 bridgehead atoms. The lowest BCUT2D eigenvalue weighted by molar-refractivity contribution is 0.162.